The van der Waals surface area contributed by atoms with Crippen molar-refractivity contribution in [2.24, 2.45) is 0 Å². The van der Waals surface area contributed by atoms with Crippen LogP contribution in [0, 0.1) is 0 Å². The van der Waals surface area contributed by atoms with E-state index in [1.807, 2.05) is 24.3 Å². The Balaban J connectivity index is 1.40. The van der Waals surface area contributed by atoms with E-state index < -0.39 is 5.63 Å². The molecule has 4 rings (SSSR count). The van der Waals surface area contributed by atoms with E-state index in [1.165, 1.54) is 6.07 Å². The third-order valence-electron chi connectivity index (χ3n) is 4.09. The predicted octanol–water partition coefficient (Wildman–Crippen LogP) is 3.44. The first-order valence-corrected chi connectivity index (χ1v) is 9.15. The molecule has 0 aliphatic carbocycles. The van der Waals surface area contributed by atoms with Crippen LogP contribution >= 0.6 is 11.3 Å². The highest BCUT2D eigenvalue weighted by atomic mass is 32.1. The SMILES string of the molecule is CN(Cc1nc2ccccc2s1)C(=O)COc1ccc2ccc(=O)oc2c1. The summed E-state index contributed by atoms with van der Waals surface area (Å²) >= 11 is 1.57. The molecule has 2 aromatic heterocycles. The summed E-state index contributed by atoms with van der Waals surface area (Å²) in [5, 5.41) is 1.67. The van der Waals surface area contributed by atoms with Crippen molar-refractivity contribution < 1.29 is 13.9 Å². The van der Waals surface area contributed by atoms with Gasteiger partial charge in [0.05, 0.1) is 16.8 Å². The Hall–Kier alpha value is -3.19. The Morgan fingerprint density at radius 3 is 2.85 bits per heavy atom. The van der Waals surface area contributed by atoms with Gasteiger partial charge in [-0.05, 0) is 30.3 Å². The molecule has 2 heterocycles. The molecule has 0 unspecified atom stereocenters. The van der Waals surface area contributed by atoms with Crippen LogP contribution < -0.4 is 10.4 Å². The summed E-state index contributed by atoms with van der Waals surface area (Å²) < 4.78 is 11.8. The highest BCUT2D eigenvalue weighted by Gasteiger charge is 2.13. The second kappa shape index (κ2) is 7.20. The number of likely N-dealkylation sites (N-methyl/N-ethyl adjacent to an activating group) is 1. The van der Waals surface area contributed by atoms with Gasteiger partial charge in [-0.3, -0.25) is 4.79 Å². The number of amides is 1. The lowest BCUT2D eigenvalue weighted by Gasteiger charge is -2.16. The zero-order valence-corrected chi connectivity index (χ0v) is 15.4. The second-order valence-electron chi connectivity index (χ2n) is 6.07. The molecule has 4 aromatic rings. The summed E-state index contributed by atoms with van der Waals surface area (Å²) in [6, 6.07) is 16.1. The number of hydrogen-bond donors (Lipinski definition) is 0. The average molecular weight is 380 g/mol. The van der Waals surface area contributed by atoms with Gasteiger partial charge >= 0.3 is 5.63 Å². The lowest BCUT2D eigenvalue weighted by Crippen LogP contribution is -2.30. The van der Waals surface area contributed by atoms with E-state index in [-0.39, 0.29) is 12.5 Å². The van der Waals surface area contributed by atoms with Crippen molar-refractivity contribution in [3.8, 4) is 5.75 Å². The molecule has 0 fully saturated rings. The quantitative estimate of drug-likeness (QED) is 0.496. The molecule has 0 saturated heterocycles. The van der Waals surface area contributed by atoms with Gasteiger partial charge < -0.3 is 14.1 Å². The van der Waals surface area contributed by atoms with Crippen molar-refractivity contribution in [3.63, 3.8) is 0 Å². The maximum atomic E-state index is 12.4. The van der Waals surface area contributed by atoms with E-state index in [4.69, 9.17) is 9.15 Å². The predicted molar refractivity (Wildman–Crippen MR) is 104 cm³/mol. The fourth-order valence-corrected chi connectivity index (χ4v) is 3.69. The number of para-hydroxylation sites is 1. The van der Waals surface area contributed by atoms with E-state index in [2.05, 4.69) is 4.98 Å². The van der Waals surface area contributed by atoms with Gasteiger partial charge in [0.1, 0.15) is 16.3 Å². The normalized spacial score (nSPS) is 11.0. The molecule has 0 N–H and O–H groups in total. The summed E-state index contributed by atoms with van der Waals surface area (Å²) in [6.07, 6.45) is 0. The Morgan fingerprint density at radius 1 is 1.19 bits per heavy atom. The molecule has 27 heavy (non-hydrogen) atoms. The van der Waals surface area contributed by atoms with Crippen LogP contribution in [0.2, 0.25) is 0 Å². The van der Waals surface area contributed by atoms with Gasteiger partial charge in [0.25, 0.3) is 5.91 Å². The first-order valence-electron chi connectivity index (χ1n) is 8.33. The minimum Gasteiger partial charge on any atom is -0.484 e. The average Bonchev–Trinajstić information content (AvgIpc) is 3.07. The zero-order valence-electron chi connectivity index (χ0n) is 14.5. The molecule has 1 amide bonds. The zero-order chi connectivity index (χ0) is 18.8. The van der Waals surface area contributed by atoms with Crippen LogP contribution in [0.3, 0.4) is 0 Å². The van der Waals surface area contributed by atoms with Crippen molar-refractivity contribution in [3.05, 3.63) is 70.0 Å². The van der Waals surface area contributed by atoms with Crippen LogP contribution in [0.4, 0.5) is 0 Å². The lowest BCUT2D eigenvalue weighted by molar-refractivity contribution is -0.132. The number of aromatic nitrogens is 1. The maximum Gasteiger partial charge on any atom is 0.336 e. The van der Waals surface area contributed by atoms with E-state index >= 15 is 0 Å². The Kier molecular flexibility index (Phi) is 4.60. The minimum absolute atomic E-state index is 0.107. The summed E-state index contributed by atoms with van der Waals surface area (Å²) in [5.74, 6) is 0.308. The van der Waals surface area contributed by atoms with Crippen molar-refractivity contribution in [2.45, 2.75) is 6.54 Å². The molecular weight excluding hydrogens is 364 g/mol. The number of thiazole rings is 1. The van der Waals surface area contributed by atoms with Gasteiger partial charge in [0, 0.05) is 24.6 Å². The Morgan fingerprint density at radius 2 is 2.00 bits per heavy atom. The monoisotopic (exact) mass is 380 g/mol. The van der Waals surface area contributed by atoms with Crippen molar-refractivity contribution in [1.29, 1.82) is 0 Å². The van der Waals surface area contributed by atoms with E-state index in [1.54, 1.807) is 47.5 Å². The second-order valence-corrected chi connectivity index (χ2v) is 7.18. The van der Waals surface area contributed by atoms with E-state index in [0.717, 1.165) is 20.6 Å². The number of ether oxygens (including phenoxy) is 1. The maximum absolute atomic E-state index is 12.4. The van der Waals surface area contributed by atoms with Crippen LogP contribution in [0.25, 0.3) is 21.2 Å². The van der Waals surface area contributed by atoms with Gasteiger partial charge in [-0.1, -0.05) is 12.1 Å². The molecule has 0 aliphatic heterocycles. The van der Waals surface area contributed by atoms with E-state index in [0.29, 0.717) is 17.9 Å². The number of hydrogen-bond acceptors (Lipinski definition) is 6. The first kappa shape index (κ1) is 17.2. The number of benzene rings is 2. The molecule has 0 spiro atoms. The summed E-state index contributed by atoms with van der Waals surface area (Å²) in [5.41, 5.74) is 0.939. The van der Waals surface area contributed by atoms with Gasteiger partial charge in [-0.25, -0.2) is 9.78 Å². The molecule has 6 nitrogen and oxygen atoms in total. The summed E-state index contributed by atoms with van der Waals surface area (Å²) in [4.78, 5) is 29.8. The smallest absolute Gasteiger partial charge is 0.336 e. The molecule has 0 saturated carbocycles. The summed E-state index contributed by atoms with van der Waals surface area (Å²) in [7, 11) is 1.72. The van der Waals surface area contributed by atoms with Crippen molar-refractivity contribution >= 4 is 38.4 Å². The number of nitrogens with zero attached hydrogens (tertiary/aromatic N) is 2. The standard InChI is InChI=1S/C20H16N2O4S/c1-22(11-18-21-15-4-2-3-5-17(15)27-18)19(23)12-25-14-8-6-13-7-9-20(24)26-16(13)10-14/h2-10H,11-12H2,1H3. The molecule has 0 radical (unpaired) electrons. The fourth-order valence-electron chi connectivity index (χ4n) is 2.66. The molecule has 7 heteroatoms. The molecule has 136 valence electrons. The van der Waals surface area contributed by atoms with Crippen LogP contribution in [-0.2, 0) is 11.3 Å². The molecule has 0 bridgehead atoms. The third-order valence-corrected chi connectivity index (χ3v) is 5.11. The van der Waals surface area contributed by atoms with Crippen LogP contribution in [0.15, 0.2) is 63.8 Å². The Bertz CT molecular complexity index is 1150. The van der Waals surface area contributed by atoms with Gasteiger partial charge in [0.15, 0.2) is 6.61 Å². The molecule has 2 aromatic carbocycles. The number of carbonyl (C=O) groups excluding carboxylic acids is 1. The van der Waals surface area contributed by atoms with Crippen LogP contribution in [-0.4, -0.2) is 29.4 Å². The highest BCUT2D eigenvalue weighted by molar-refractivity contribution is 7.18. The summed E-state index contributed by atoms with van der Waals surface area (Å²) in [6.45, 7) is 0.318. The van der Waals surface area contributed by atoms with E-state index in [9.17, 15) is 9.59 Å². The highest BCUT2D eigenvalue weighted by Crippen LogP contribution is 2.23. The van der Waals surface area contributed by atoms with Crippen LogP contribution in [0.1, 0.15) is 5.01 Å². The largest absolute Gasteiger partial charge is 0.484 e. The molecule has 0 atom stereocenters. The van der Waals surface area contributed by atoms with Crippen molar-refractivity contribution in [2.75, 3.05) is 13.7 Å². The number of rotatable bonds is 5. The third kappa shape index (κ3) is 3.83. The van der Waals surface area contributed by atoms with Gasteiger partial charge in [-0.2, -0.15) is 0 Å². The Labute approximate surface area is 158 Å². The minimum atomic E-state index is -0.425. The van der Waals surface area contributed by atoms with Gasteiger partial charge in [0.2, 0.25) is 0 Å². The number of carbonyl (C=O) groups is 1. The number of fused-ring (bicyclic) bond motifs is 2. The molecule has 0 aliphatic rings. The molecular formula is C20H16N2O4S. The van der Waals surface area contributed by atoms with Crippen LogP contribution in [0.5, 0.6) is 5.75 Å². The topological polar surface area (TPSA) is 72.6 Å². The first-order chi connectivity index (χ1) is 13.1. The fraction of sp³-hybridized carbons (Fsp3) is 0.150. The van der Waals surface area contributed by atoms with Gasteiger partial charge in [-0.15, -0.1) is 11.3 Å². The lowest BCUT2D eigenvalue weighted by atomic mass is 10.2. The van der Waals surface area contributed by atoms with Crippen molar-refractivity contribution in [1.82, 2.24) is 9.88 Å².